The molecule has 0 aliphatic rings. The zero-order valence-corrected chi connectivity index (χ0v) is 12.3. The van der Waals surface area contributed by atoms with Crippen LogP contribution in [0.25, 0.3) is 10.1 Å². The molecule has 0 saturated carbocycles. The highest BCUT2D eigenvalue weighted by Crippen LogP contribution is 2.35. The van der Waals surface area contributed by atoms with E-state index in [0.717, 1.165) is 21.8 Å². The van der Waals surface area contributed by atoms with Gasteiger partial charge in [0.15, 0.2) is 0 Å². The fourth-order valence-corrected chi connectivity index (χ4v) is 3.51. The molecule has 0 fully saturated rings. The van der Waals surface area contributed by atoms with E-state index >= 15 is 0 Å². The highest BCUT2D eigenvalue weighted by Gasteiger charge is 2.13. The van der Waals surface area contributed by atoms with E-state index in [1.54, 1.807) is 11.3 Å². The largest absolute Gasteiger partial charge is 0.481 e. The SMILES string of the molecule is CCN(CCC(=O)O)Cc1sc2ccccc2c1Cl. The van der Waals surface area contributed by atoms with E-state index in [-0.39, 0.29) is 6.42 Å². The maximum atomic E-state index is 10.6. The molecule has 1 N–H and O–H groups in total. The molecule has 0 spiro atoms. The van der Waals surface area contributed by atoms with Crippen molar-refractivity contribution in [2.45, 2.75) is 19.9 Å². The highest BCUT2D eigenvalue weighted by molar-refractivity contribution is 7.19. The second-order valence-corrected chi connectivity index (χ2v) is 5.86. The molecule has 102 valence electrons. The molecule has 0 bridgehead atoms. The van der Waals surface area contributed by atoms with Gasteiger partial charge in [0, 0.05) is 28.1 Å². The number of carboxylic acid groups (broad SMARTS) is 1. The van der Waals surface area contributed by atoms with Gasteiger partial charge in [-0.05, 0) is 12.6 Å². The third-order valence-corrected chi connectivity index (χ3v) is 4.76. The smallest absolute Gasteiger partial charge is 0.304 e. The summed E-state index contributed by atoms with van der Waals surface area (Å²) in [6, 6.07) is 8.06. The number of hydrogen-bond acceptors (Lipinski definition) is 3. The van der Waals surface area contributed by atoms with Crippen LogP contribution < -0.4 is 0 Å². The lowest BCUT2D eigenvalue weighted by Gasteiger charge is -2.18. The van der Waals surface area contributed by atoms with Crippen molar-refractivity contribution < 1.29 is 9.90 Å². The molecular formula is C14H16ClNO2S. The average molecular weight is 298 g/mol. The molecule has 0 saturated heterocycles. The van der Waals surface area contributed by atoms with Crippen molar-refractivity contribution in [3.63, 3.8) is 0 Å². The average Bonchev–Trinajstić information content (AvgIpc) is 2.71. The van der Waals surface area contributed by atoms with Gasteiger partial charge in [-0.25, -0.2) is 0 Å². The van der Waals surface area contributed by atoms with Crippen molar-refractivity contribution in [2.24, 2.45) is 0 Å². The summed E-state index contributed by atoms with van der Waals surface area (Å²) in [7, 11) is 0. The second kappa shape index (κ2) is 6.37. The molecule has 0 aliphatic carbocycles. The quantitative estimate of drug-likeness (QED) is 0.880. The number of benzene rings is 1. The van der Waals surface area contributed by atoms with Crippen molar-refractivity contribution in [3.05, 3.63) is 34.2 Å². The summed E-state index contributed by atoms with van der Waals surface area (Å²) in [5.74, 6) is -0.763. The Balaban J connectivity index is 2.15. The maximum Gasteiger partial charge on any atom is 0.304 e. The van der Waals surface area contributed by atoms with E-state index in [2.05, 4.69) is 11.0 Å². The van der Waals surface area contributed by atoms with Gasteiger partial charge in [-0.15, -0.1) is 11.3 Å². The molecule has 0 radical (unpaired) electrons. The molecule has 0 aliphatic heterocycles. The summed E-state index contributed by atoms with van der Waals surface area (Å²) >= 11 is 8.07. The number of nitrogens with zero attached hydrogens (tertiary/aromatic N) is 1. The Morgan fingerprint density at radius 3 is 2.79 bits per heavy atom. The Morgan fingerprint density at radius 2 is 2.16 bits per heavy atom. The number of rotatable bonds is 6. The molecule has 3 nitrogen and oxygen atoms in total. The Morgan fingerprint density at radius 1 is 1.42 bits per heavy atom. The third kappa shape index (κ3) is 3.47. The van der Waals surface area contributed by atoms with Crippen LogP contribution in [0.5, 0.6) is 0 Å². The lowest BCUT2D eigenvalue weighted by Crippen LogP contribution is -2.25. The molecule has 5 heteroatoms. The van der Waals surface area contributed by atoms with E-state index < -0.39 is 5.97 Å². The number of thiophene rings is 1. The van der Waals surface area contributed by atoms with E-state index in [1.807, 2.05) is 25.1 Å². The number of aliphatic carboxylic acids is 1. The first-order valence-electron chi connectivity index (χ1n) is 6.22. The topological polar surface area (TPSA) is 40.5 Å². The van der Waals surface area contributed by atoms with E-state index in [4.69, 9.17) is 16.7 Å². The number of carbonyl (C=O) groups is 1. The van der Waals surface area contributed by atoms with Crippen molar-refractivity contribution in [1.82, 2.24) is 4.90 Å². The standard InChI is InChI=1S/C14H16ClNO2S/c1-2-16(8-7-13(17)18)9-12-14(15)10-5-3-4-6-11(10)19-12/h3-6H,2,7-9H2,1H3,(H,17,18). The van der Waals surface area contributed by atoms with Crippen LogP contribution >= 0.6 is 22.9 Å². The van der Waals surface area contributed by atoms with Crippen molar-refractivity contribution in [1.29, 1.82) is 0 Å². The lowest BCUT2D eigenvalue weighted by molar-refractivity contribution is -0.137. The molecule has 2 rings (SSSR count). The first-order chi connectivity index (χ1) is 9.11. The summed E-state index contributed by atoms with van der Waals surface area (Å²) in [5.41, 5.74) is 0. The van der Waals surface area contributed by atoms with Gasteiger partial charge in [-0.1, -0.05) is 36.7 Å². The molecule has 0 atom stereocenters. The predicted molar refractivity (Wildman–Crippen MR) is 80.0 cm³/mol. The number of carboxylic acids is 1. The molecule has 1 heterocycles. The number of halogens is 1. The van der Waals surface area contributed by atoms with Gasteiger partial charge in [-0.2, -0.15) is 0 Å². The maximum absolute atomic E-state index is 10.6. The summed E-state index contributed by atoms with van der Waals surface area (Å²) in [6.07, 6.45) is 0.163. The third-order valence-electron chi connectivity index (χ3n) is 3.06. The monoisotopic (exact) mass is 297 g/mol. The van der Waals surface area contributed by atoms with Crippen LogP contribution in [0.3, 0.4) is 0 Å². The zero-order chi connectivity index (χ0) is 13.8. The minimum absolute atomic E-state index is 0.163. The van der Waals surface area contributed by atoms with E-state index in [0.29, 0.717) is 13.1 Å². The fourth-order valence-electron chi connectivity index (χ4n) is 1.97. The van der Waals surface area contributed by atoms with Crippen LogP contribution in [-0.2, 0) is 11.3 Å². The Hall–Kier alpha value is -1.10. The normalized spacial score (nSPS) is 11.3. The van der Waals surface area contributed by atoms with Gasteiger partial charge in [0.1, 0.15) is 0 Å². The molecule has 1 aromatic carbocycles. The molecule has 0 unspecified atom stereocenters. The van der Waals surface area contributed by atoms with E-state index in [9.17, 15) is 4.79 Å². The van der Waals surface area contributed by atoms with Gasteiger partial charge < -0.3 is 5.11 Å². The lowest BCUT2D eigenvalue weighted by atomic mass is 10.2. The van der Waals surface area contributed by atoms with Crippen LogP contribution in [-0.4, -0.2) is 29.1 Å². The van der Waals surface area contributed by atoms with E-state index in [1.165, 1.54) is 4.70 Å². The van der Waals surface area contributed by atoms with Gasteiger partial charge in [0.25, 0.3) is 0 Å². The molecule has 2 aromatic rings. The molecular weight excluding hydrogens is 282 g/mol. The first-order valence-corrected chi connectivity index (χ1v) is 7.41. The van der Waals surface area contributed by atoms with Crippen LogP contribution in [0.1, 0.15) is 18.2 Å². The Labute approximate surface area is 121 Å². The molecule has 0 amide bonds. The van der Waals surface area contributed by atoms with Crippen LogP contribution in [0.2, 0.25) is 5.02 Å². The number of fused-ring (bicyclic) bond motifs is 1. The Bertz CT molecular complexity index is 582. The fraction of sp³-hybridized carbons (Fsp3) is 0.357. The summed E-state index contributed by atoms with van der Waals surface area (Å²) < 4.78 is 1.18. The first kappa shape index (κ1) is 14.3. The van der Waals surface area contributed by atoms with Crippen LogP contribution in [0.4, 0.5) is 0 Å². The van der Waals surface area contributed by atoms with Gasteiger partial charge in [-0.3, -0.25) is 9.69 Å². The van der Waals surface area contributed by atoms with Crippen molar-refractivity contribution >= 4 is 39.0 Å². The zero-order valence-electron chi connectivity index (χ0n) is 10.7. The molecule has 1 aromatic heterocycles. The summed E-state index contributed by atoms with van der Waals surface area (Å²) in [6.45, 7) is 4.11. The predicted octanol–water partition coefficient (Wildman–Crippen LogP) is 3.85. The van der Waals surface area contributed by atoms with Gasteiger partial charge in [0.05, 0.1) is 11.4 Å². The summed E-state index contributed by atoms with van der Waals surface area (Å²) in [5, 5.41) is 10.6. The van der Waals surface area contributed by atoms with Crippen LogP contribution in [0, 0.1) is 0 Å². The highest BCUT2D eigenvalue weighted by atomic mass is 35.5. The second-order valence-electron chi connectivity index (χ2n) is 4.35. The molecule has 19 heavy (non-hydrogen) atoms. The van der Waals surface area contributed by atoms with Gasteiger partial charge in [0.2, 0.25) is 0 Å². The minimum Gasteiger partial charge on any atom is -0.481 e. The van der Waals surface area contributed by atoms with Crippen molar-refractivity contribution in [2.75, 3.05) is 13.1 Å². The van der Waals surface area contributed by atoms with Crippen molar-refractivity contribution in [3.8, 4) is 0 Å². The minimum atomic E-state index is -0.763. The summed E-state index contributed by atoms with van der Waals surface area (Å²) in [4.78, 5) is 13.8. The van der Waals surface area contributed by atoms with Gasteiger partial charge >= 0.3 is 5.97 Å². The Kier molecular flexibility index (Phi) is 4.80. The number of hydrogen-bond donors (Lipinski definition) is 1. The van der Waals surface area contributed by atoms with Crippen LogP contribution in [0.15, 0.2) is 24.3 Å².